The predicted octanol–water partition coefficient (Wildman–Crippen LogP) is 1.99. The fraction of sp³-hybridized carbons (Fsp3) is 0.267. The fourth-order valence-electron chi connectivity index (χ4n) is 2.10. The zero-order chi connectivity index (χ0) is 13.8. The van der Waals surface area contributed by atoms with Crippen molar-refractivity contribution in [3.05, 3.63) is 53.3 Å². The van der Waals surface area contributed by atoms with Crippen LogP contribution in [0, 0.1) is 0 Å². The molecule has 1 aromatic heterocycles. The van der Waals surface area contributed by atoms with Gasteiger partial charge >= 0.3 is 0 Å². The highest BCUT2D eigenvalue weighted by Gasteiger charge is 2.13. The van der Waals surface area contributed by atoms with Gasteiger partial charge in [0.1, 0.15) is 0 Å². The van der Waals surface area contributed by atoms with E-state index in [4.69, 9.17) is 19.9 Å². The van der Waals surface area contributed by atoms with Crippen LogP contribution in [0.15, 0.2) is 36.5 Å². The summed E-state index contributed by atoms with van der Waals surface area (Å²) in [5.74, 6) is 1.56. The molecule has 0 spiro atoms. The molecule has 0 amide bonds. The van der Waals surface area contributed by atoms with E-state index < -0.39 is 0 Å². The predicted molar refractivity (Wildman–Crippen MR) is 73.2 cm³/mol. The lowest BCUT2D eigenvalue weighted by Gasteiger charge is -2.08. The Labute approximate surface area is 117 Å². The lowest BCUT2D eigenvalue weighted by Crippen LogP contribution is -2.05. The Hall–Kier alpha value is -2.11. The SMILES string of the molecule is NCc1ncccc1COCc1ccc2c(c1)OCO2. The van der Waals surface area contributed by atoms with Gasteiger partial charge in [0.05, 0.1) is 18.9 Å². The second-order valence-corrected chi connectivity index (χ2v) is 4.49. The maximum atomic E-state index is 5.72. The Morgan fingerprint density at radius 2 is 2.05 bits per heavy atom. The van der Waals surface area contributed by atoms with Gasteiger partial charge in [-0.1, -0.05) is 12.1 Å². The first-order chi connectivity index (χ1) is 9.86. The van der Waals surface area contributed by atoms with Crippen molar-refractivity contribution in [2.75, 3.05) is 6.79 Å². The highest BCUT2D eigenvalue weighted by atomic mass is 16.7. The van der Waals surface area contributed by atoms with Crippen molar-refractivity contribution in [3.8, 4) is 11.5 Å². The van der Waals surface area contributed by atoms with Gasteiger partial charge in [-0.3, -0.25) is 4.98 Å². The van der Waals surface area contributed by atoms with E-state index in [1.54, 1.807) is 6.20 Å². The van der Waals surface area contributed by atoms with E-state index in [1.165, 1.54) is 0 Å². The van der Waals surface area contributed by atoms with Gasteiger partial charge in [0.25, 0.3) is 0 Å². The summed E-state index contributed by atoms with van der Waals surface area (Å²) < 4.78 is 16.3. The van der Waals surface area contributed by atoms with Crippen molar-refractivity contribution in [3.63, 3.8) is 0 Å². The molecule has 0 saturated heterocycles. The Balaban J connectivity index is 1.60. The molecule has 1 aliphatic heterocycles. The molecular formula is C15H16N2O3. The summed E-state index contributed by atoms with van der Waals surface area (Å²) in [6, 6.07) is 9.68. The van der Waals surface area contributed by atoms with Gasteiger partial charge < -0.3 is 19.9 Å². The molecule has 0 aliphatic carbocycles. The highest BCUT2D eigenvalue weighted by Crippen LogP contribution is 2.32. The number of hydrogen-bond donors (Lipinski definition) is 1. The van der Waals surface area contributed by atoms with Crippen LogP contribution in [0.2, 0.25) is 0 Å². The molecule has 0 unspecified atom stereocenters. The number of hydrogen-bond acceptors (Lipinski definition) is 5. The van der Waals surface area contributed by atoms with Gasteiger partial charge in [-0.25, -0.2) is 0 Å². The molecule has 20 heavy (non-hydrogen) atoms. The average molecular weight is 272 g/mol. The molecule has 3 rings (SSSR count). The summed E-state index contributed by atoms with van der Waals surface area (Å²) in [7, 11) is 0. The third kappa shape index (κ3) is 2.74. The first-order valence-corrected chi connectivity index (χ1v) is 6.46. The Bertz CT molecular complexity index is 601. The Morgan fingerprint density at radius 1 is 1.15 bits per heavy atom. The third-order valence-corrected chi connectivity index (χ3v) is 3.14. The van der Waals surface area contributed by atoms with Gasteiger partial charge in [0, 0.05) is 18.3 Å². The smallest absolute Gasteiger partial charge is 0.231 e. The monoisotopic (exact) mass is 272 g/mol. The molecule has 2 N–H and O–H groups in total. The molecule has 0 saturated carbocycles. The normalized spacial score (nSPS) is 12.7. The first-order valence-electron chi connectivity index (χ1n) is 6.46. The standard InChI is InChI=1S/C15H16N2O3/c16-7-13-12(2-1-5-17-13)9-18-8-11-3-4-14-15(6-11)20-10-19-14/h1-6H,7-10,16H2. The average Bonchev–Trinajstić information content (AvgIpc) is 2.95. The lowest BCUT2D eigenvalue weighted by molar-refractivity contribution is 0.106. The van der Waals surface area contributed by atoms with Crippen LogP contribution in [0.4, 0.5) is 0 Å². The minimum atomic E-state index is 0.287. The van der Waals surface area contributed by atoms with Crippen molar-refractivity contribution >= 4 is 0 Å². The van der Waals surface area contributed by atoms with Crippen LogP contribution in [0.25, 0.3) is 0 Å². The quantitative estimate of drug-likeness (QED) is 0.901. The van der Waals surface area contributed by atoms with Crippen LogP contribution in [0.3, 0.4) is 0 Å². The fourth-order valence-corrected chi connectivity index (χ4v) is 2.10. The minimum absolute atomic E-state index is 0.287. The largest absolute Gasteiger partial charge is 0.454 e. The van der Waals surface area contributed by atoms with Crippen LogP contribution in [-0.4, -0.2) is 11.8 Å². The van der Waals surface area contributed by atoms with Crippen molar-refractivity contribution in [1.82, 2.24) is 4.98 Å². The Kier molecular flexibility index (Phi) is 3.80. The topological polar surface area (TPSA) is 66.6 Å². The molecule has 1 aromatic carbocycles. The summed E-state index contributed by atoms with van der Waals surface area (Å²) in [6.45, 7) is 1.71. The molecule has 2 aromatic rings. The van der Waals surface area contributed by atoms with E-state index >= 15 is 0 Å². The van der Waals surface area contributed by atoms with Crippen molar-refractivity contribution in [2.24, 2.45) is 5.73 Å². The number of nitrogens with two attached hydrogens (primary N) is 1. The van der Waals surface area contributed by atoms with E-state index in [0.29, 0.717) is 19.8 Å². The van der Waals surface area contributed by atoms with E-state index in [1.807, 2.05) is 30.3 Å². The molecular weight excluding hydrogens is 256 g/mol. The molecule has 5 nitrogen and oxygen atoms in total. The van der Waals surface area contributed by atoms with Crippen molar-refractivity contribution in [2.45, 2.75) is 19.8 Å². The number of nitrogens with zero attached hydrogens (tertiary/aromatic N) is 1. The summed E-state index contributed by atoms with van der Waals surface area (Å²) in [5.41, 5.74) is 8.59. The van der Waals surface area contributed by atoms with Crippen LogP contribution in [-0.2, 0) is 24.5 Å². The van der Waals surface area contributed by atoms with Crippen LogP contribution in [0.1, 0.15) is 16.8 Å². The highest BCUT2D eigenvalue weighted by molar-refractivity contribution is 5.44. The molecule has 1 aliphatic rings. The van der Waals surface area contributed by atoms with Crippen LogP contribution < -0.4 is 15.2 Å². The lowest BCUT2D eigenvalue weighted by atomic mass is 10.2. The van der Waals surface area contributed by atoms with Gasteiger partial charge in [-0.15, -0.1) is 0 Å². The zero-order valence-electron chi connectivity index (χ0n) is 11.0. The molecule has 0 radical (unpaired) electrons. The maximum Gasteiger partial charge on any atom is 0.231 e. The van der Waals surface area contributed by atoms with E-state index in [2.05, 4.69) is 4.98 Å². The van der Waals surface area contributed by atoms with Crippen molar-refractivity contribution < 1.29 is 14.2 Å². The van der Waals surface area contributed by atoms with E-state index in [-0.39, 0.29) is 6.79 Å². The van der Waals surface area contributed by atoms with Crippen LogP contribution in [0.5, 0.6) is 11.5 Å². The summed E-state index contributed by atoms with van der Waals surface area (Å²) in [4.78, 5) is 4.23. The number of ether oxygens (including phenoxy) is 3. The van der Waals surface area contributed by atoms with Gasteiger partial charge in [-0.2, -0.15) is 0 Å². The number of benzene rings is 1. The first kappa shape index (κ1) is 12.9. The van der Waals surface area contributed by atoms with Gasteiger partial charge in [0.2, 0.25) is 6.79 Å². The van der Waals surface area contributed by atoms with Gasteiger partial charge in [0.15, 0.2) is 11.5 Å². The van der Waals surface area contributed by atoms with E-state index in [9.17, 15) is 0 Å². The maximum absolute atomic E-state index is 5.72. The van der Waals surface area contributed by atoms with Gasteiger partial charge in [-0.05, 0) is 23.8 Å². The summed E-state index contributed by atoms with van der Waals surface area (Å²) in [6.07, 6.45) is 1.74. The molecule has 0 bridgehead atoms. The number of fused-ring (bicyclic) bond motifs is 1. The third-order valence-electron chi connectivity index (χ3n) is 3.14. The van der Waals surface area contributed by atoms with Crippen LogP contribution >= 0.6 is 0 Å². The summed E-state index contributed by atoms with van der Waals surface area (Å²) in [5, 5.41) is 0. The molecule has 2 heterocycles. The number of rotatable bonds is 5. The Morgan fingerprint density at radius 3 is 2.95 bits per heavy atom. The number of pyridine rings is 1. The van der Waals surface area contributed by atoms with Crippen molar-refractivity contribution in [1.29, 1.82) is 0 Å². The zero-order valence-corrected chi connectivity index (χ0v) is 11.0. The second kappa shape index (κ2) is 5.90. The van der Waals surface area contributed by atoms with E-state index in [0.717, 1.165) is 28.3 Å². The minimum Gasteiger partial charge on any atom is -0.454 e. The molecule has 0 fully saturated rings. The summed E-state index contributed by atoms with van der Waals surface area (Å²) >= 11 is 0. The molecule has 104 valence electrons. The molecule has 5 heteroatoms. The molecule has 0 atom stereocenters. The number of aromatic nitrogens is 1. The second-order valence-electron chi connectivity index (χ2n) is 4.49.